The van der Waals surface area contributed by atoms with Crippen LogP contribution in [0.2, 0.25) is 0 Å². The zero-order valence-electron chi connectivity index (χ0n) is 14.1. The van der Waals surface area contributed by atoms with E-state index >= 15 is 0 Å². The fraction of sp³-hybridized carbons (Fsp3) is 0.684. The molecule has 0 aromatic carbocycles. The number of nitrogens with zero attached hydrogens (tertiary/aromatic N) is 2. The molecular formula is C19H28N2O. The molecule has 0 saturated carbocycles. The first-order valence-corrected chi connectivity index (χ1v) is 8.79. The second kappa shape index (κ2) is 6.49. The van der Waals surface area contributed by atoms with Crippen molar-refractivity contribution in [2.75, 3.05) is 13.2 Å². The molecule has 22 heavy (non-hydrogen) atoms. The molecule has 3 nitrogen and oxygen atoms in total. The van der Waals surface area contributed by atoms with Crippen molar-refractivity contribution in [1.82, 2.24) is 0 Å². The molecule has 0 aromatic heterocycles. The molecule has 0 amide bonds. The normalized spacial score (nSPS) is 36.2. The van der Waals surface area contributed by atoms with Gasteiger partial charge in [0.05, 0.1) is 29.6 Å². The Bertz CT molecular complexity index is 538. The van der Waals surface area contributed by atoms with E-state index in [2.05, 4.69) is 39.0 Å². The Morgan fingerprint density at radius 1 is 1.36 bits per heavy atom. The molecule has 3 rings (SSSR count). The van der Waals surface area contributed by atoms with Crippen LogP contribution in [-0.2, 0) is 4.74 Å². The van der Waals surface area contributed by atoms with Crippen LogP contribution in [0.3, 0.4) is 0 Å². The zero-order chi connectivity index (χ0) is 15.6. The molecule has 120 valence electrons. The molecule has 0 radical (unpaired) electrons. The first-order chi connectivity index (χ1) is 10.6. The van der Waals surface area contributed by atoms with Gasteiger partial charge in [-0.3, -0.25) is 9.98 Å². The Labute approximate surface area is 134 Å². The van der Waals surface area contributed by atoms with Gasteiger partial charge >= 0.3 is 0 Å². The maximum atomic E-state index is 5.66. The van der Waals surface area contributed by atoms with E-state index in [0.29, 0.717) is 12.0 Å². The van der Waals surface area contributed by atoms with E-state index in [1.807, 2.05) is 0 Å². The second-order valence-electron chi connectivity index (χ2n) is 6.99. The highest BCUT2D eigenvalue weighted by Gasteiger charge is 2.34. The Hall–Kier alpha value is -1.22. The van der Waals surface area contributed by atoms with Gasteiger partial charge in [-0.15, -0.1) is 0 Å². The molecule has 0 spiro atoms. The number of hydrogen-bond donors (Lipinski definition) is 0. The van der Waals surface area contributed by atoms with Crippen LogP contribution >= 0.6 is 0 Å². The summed E-state index contributed by atoms with van der Waals surface area (Å²) < 4.78 is 5.66. The third-order valence-corrected chi connectivity index (χ3v) is 5.28. The average molecular weight is 300 g/mol. The lowest BCUT2D eigenvalue weighted by Crippen LogP contribution is -2.34. The SMILES string of the molecule is CCC1CC(C)(CC)N=C2C=CC(=NCC3CCCO3)C=C21. The van der Waals surface area contributed by atoms with Gasteiger partial charge in [-0.2, -0.15) is 0 Å². The summed E-state index contributed by atoms with van der Waals surface area (Å²) in [5, 5.41) is 0. The van der Waals surface area contributed by atoms with Crippen molar-refractivity contribution in [2.45, 2.75) is 64.5 Å². The molecule has 1 aliphatic carbocycles. The molecule has 3 atom stereocenters. The monoisotopic (exact) mass is 300 g/mol. The summed E-state index contributed by atoms with van der Waals surface area (Å²) in [6.45, 7) is 8.50. The number of hydrogen-bond acceptors (Lipinski definition) is 3. The highest BCUT2D eigenvalue weighted by Crippen LogP contribution is 2.37. The van der Waals surface area contributed by atoms with Crippen molar-refractivity contribution in [3.63, 3.8) is 0 Å². The lowest BCUT2D eigenvalue weighted by Gasteiger charge is -2.37. The Morgan fingerprint density at radius 3 is 2.91 bits per heavy atom. The summed E-state index contributed by atoms with van der Waals surface area (Å²) in [5.41, 5.74) is 3.76. The van der Waals surface area contributed by atoms with Crippen LogP contribution < -0.4 is 0 Å². The van der Waals surface area contributed by atoms with Gasteiger partial charge in [0.2, 0.25) is 0 Å². The van der Waals surface area contributed by atoms with Gasteiger partial charge in [0.1, 0.15) is 0 Å². The van der Waals surface area contributed by atoms with E-state index in [0.717, 1.165) is 38.1 Å². The summed E-state index contributed by atoms with van der Waals surface area (Å²) in [4.78, 5) is 9.76. The largest absolute Gasteiger partial charge is 0.376 e. The van der Waals surface area contributed by atoms with Crippen LogP contribution in [0.15, 0.2) is 33.8 Å². The molecule has 2 heterocycles. The predicted octanol–water partition coefficient (Wildman–Crippen LogP) is 4.14. The summed E-state index contributed by atoms with van der Waals surface area (Å²) >= 11 is 0. The minimum atomic E-state index is 0.101. The van der Waals surface area contributed by atoms with Crippen molar-refractivity contribution >= 4 is 11.4 Å². The van der Waals surface area contributed by atoms with Gasteiger partial charge in [0, 0.05) is 6.61 Å². The third-order valence-electron chi connectivity index (χ3n) is 5.28. The molecular weight excluding hydrogens is 272 g/mol. The zero-order valence-corrected chi connectivity index (χ0v) is 14.1. The van der Waals surface area contributed by atoms with Crippen LogP contribution in [0.5, 0.6) is 0 Å². The van der Waals surface area contributed by atoms with Crippen molar-refractivity contribution in [3.05, 3.63) is 23.8 Å². The van der Waals surface area contributed by atoms with Gasteiger partial charge < -0.3 is 4.74 Å². The number of allylic oxidation sites excluding steroid dienone is 4. The molecule has 3 unspecified atom stereocenters. The lowest BCUT2D eigenvalue weighted by molar-refractivity contribution is 0.118. The van der Waals surface area contributed by atoms with E-state index < -0.39 is 0 Å². The number of aliphatic imine (C=N–C) groups is 2. The molecule has 0 N–H and O–H groups in total. The Balaban J connectivity index is 1.80. The van der Waals surface area contributed by atoms with E-state index in [1.54, 1.807) is 0 Å². The lowest BCUT2D eigenvalue weighted by atomic mass is 9.75. The number of rotatable bonds is 4. The number of fused-ring (bicyclic) bond motifs is 1. The van der Waals surface area contributed by atoms with Gasteiger partial charge in [0.15, 0.2) is 0 Å². The van der Waals surface area contributed by atoms with Crippen LogP contribution in [0.4, 0.5) is 0 Å². The van der Waals surface area contributed by atoms with Gasteiger partial charge in [-0.25, -0.2) is 0 Å². The standard InChI is InChI=1S/C19H28N2O/c1-4-14-12-19(3,5-2)21-18-9-8-15(11-17(14)18)20-13-16-7-6-10-22-16/h8-9,11,14,16H,4-7,10,12-13H2,1-3H3. The summed E-state index contributed by atoms with van der Waals surface area (Å²) in [6, 6.07) is 0. The minimum absolute atomic E-state index is 0.101. The Kier molecular flexibility index (Phi) is 4.62. The molecule has 0 aromatic rings. The Morgan fingerprint density at radius 2 is 2.23 bits per heavy atom. The van der Waals surface area contributed by atoms with E-state index in [4.69, 9.17) is 14.7 Å². The van der Waals surface area contributed by atoms with Gasteiger partial charge in [-0.1, -0.05) is 13.8 Å². The smallest absolute Gasteiger partial charge is 0.0771 e. The highest BCUT2D eigenvalue weighted by molar-refractivity contribution is 6.21. The van der Waals surface area contributed by atoms with E-state index in [1.165, 1.54) is 24.1 Å². The van der Waals surface area contributed by atoms with Crippen molar-refractivity contribution < 1.29 is 4.74 Å². The van der Waals surface area contributed by atoms with Crippen molar-refractivity contribution in [3.8, 4) is 0 Å². The van der Waals surface area contributed by atoms with Crippen LogP contribution in [0.25, 0.3) is 0 Å². The molecule has 1 saturated heterocycles. The first-order valence-electron chi connectivity index (χ1n) is 8.79. The second-order valence-corrected chi connectivity index (χ2v) is 6.99. The third kappa shape index (κ3) is 3.24. The molecule has 2 aliphatic heterocycles. The fourth-order valence-electron chi connectivity index (χ4n) is 3.63. The van der Waals surface area contributed by atoms with E-state index in [9.17, 15) is 0 Å². The van der Waals surface area contributed by atoms with Crippen molar-refractivity contribution in [1.29, 1.82) is 0 Å². The van der Waals surface area contributed by atoms with Crippen LogP contribution in [-0.4, -0.2) is 36.2 Å². The van der Waals surface area contributed by atoms with Crippen LogP contribution in [0.1, 0.15) is 52.9 Å². The number of ether oxygens (including phenoxy) is 1. The summed E-state index contributed by atoms with van der Waals surface area (Å²) in [7, 11) is 0. The maximum Gasteiger partial charge on any atom is 0.0771 e. The fourth-order valence-corrected chi connectivity index (χ4v) is 3.63. The first kappa shape index (κ1) is 15.7. The van der Waals surface area contributed by atoms with E-state index in [-0.39, 0.29) is 5.54 Å². The maximum absolute atomic E-state index is 5.66. The molecule has 3 heteroatoms. The van der Waals surface area contributed by atoms with Crippen molar-refractivity contribution in [2.24, 2.45) is 15.9 Å². The highest BCUT2D eigenvalue weighted by atomic mass is 16.5. The van der Waals surface area contributed by atoms with Crippen LogP contribution in [0, 0.1) is 5.92 Å². The molecule has 1 fully saturated rings. The topological polar surface area (TPSA) is 34.0 Å². The van der Waals surface area contributed by atoms with Gasteiger partial charge in [0.25, 0.3) is 0 Å². The van der Waals surface area contributed by atoms with Gasteiger partial charge in [-0.05, 0) is 68.7 Å². The average Bonchev–Trinajstić information content (AvgIpc) is 3.05. The quantitative estimate of drug-likeness (QED) is 0.718. The molecule has 0 bridgehead atoms. The summed E-state index contributed by atoms with van der Waals surface area (Å²) in [6.07, 6.45) is 12.6. The minimum Gasteiger partial charge on any atom is -0.376 e. The predicted molar refractivity (Wildman–Crippen MR) is 93.0 cm³/mol. The summed E-state index contributed by atoms with van der Waals surface area (Å²) in [5.74, 6) is 0.607. The molecule has 3 aliphatic rings.